The maximum Gasteiger partial charge on any atom is 0.245 e. The van der Waals surface area contributed by atoms with E-state index in [9.17, 15) is 12.8 Å². The quantitative estimate of drug-likeness (QED) is 0.818. The highest BCUT2D eigenvalue weighted by Crippen LogP contribution is 2.24. The molecule has 0 spiro atoms. The summed E-state index contributed by atoms with van der Waals surface area (Å²) in [5.41, 5.74) is 5.73. The summed E-state index contributed by atoms with van der Waals surface area (Å²) in [7, 11) is -3.74. The van der Waals surface area contributed by atoms with Gasteiger partial charge in [0.25, 0.3) is 0 Å². The zero-order chi connectivity index (χ0) is 14.6. The number of halogens is 1. The normalized spacial score (nSPS) is 13.7. The first-order valence-electron chi connectivity index (χ1n) is 6.38. The summed E-state index contributed by atoms with van der Waals surface area (Å²) in [5.74, 6) is -0.364. The molecule has 2 N–H and O–H groups in total. The average Bonchev–Trinajstić information content (AvgIpc) is 2.37. The monoisotopic (exact) mass is 288 g/mol. The Bertz CT molecular complexity index is 531. The molecule has 1 rings (SSSR count). The van der Waals surface area contributed by atoms with Crippen LogP contribution in [0, 0.1) is 11.7 Å². The van der Waals surface area contributed by atoms with Gasteiger partial charge in [-0.1, -0.05) is 27.2 Å². The summed E-state index contributed by atoms with van der Waals surface area (Å²) in [6, 6.07) is 3.41. The van der Waals surface area contributed by atoms with Crippen LogP contribution in [0.2, 0.25) is 0 Å². The molecule has 0 aromatic heterocycles. The smallest absolute Gasteiger partial charge is 0.245 e. The summed E-state index contributed by atoms with van der Waals surface area (Å²) in [4.78, 5) is -0.155. The Morgan fingerprint density at radius 1 is 1.37 bits per heavy atom. The van der Waals surface area contributed by atoms with E-state index in [0.717, 1.165) is 18.6 Å². The maximum atomic E-state index is 13.2. The fourth-order valence-electron chi connectivity index (χ4n) is 1.74. The number of hydrogen-bond acceptors (Lipinski definition) is 3. The van der Waals surface area contributed by atoms with E-state index in [4.69, 9.17) is 5.73 Å². The second-order valence-corrected chi connectivity index (χ2v) is 6.56. The van der Waals surface area contributed by atoms with Crippen LogP contribution in [0.25, 0.3) is 0 Å². The van der Waals surface area contributed by atoms with E-state index >= 15 is 0 Å². The lowest BCUT2D eigenvalue weighted by Crippen LogP contribution is -2.35. The molecule has 1 aromatic rings. The summed E-state index contributed by atoms with van der Waals surface area (Å²) < 4.78 is 39.5. The van der Waals surface area contributed by atoms with E-state index in [1.54, 1.807) is 6.92 Å². The van der Waals surface area contributed by atoms with Gasteiger partial charge in [-0.3, -0.25) is 0 Å². The largest absolute Gasteiger partial charge is 0.398 e. The first-order chi connectivity index (χ1) is 8.82. The fraction of sp³-hybridized carbons (Fsp3) is 0.538. The highest BCUT2D eigenvalue weighted by atomic mass is 32.2. The number of benzene rings is 1. The third-order valence-corrected chi connectivity index (χ3v) is 5.15. The second-order valence-electron chi connectivity index (χ2n) is 4.65. The van der Waals surface area contributed by atoms with Gasteiger partial charge in [0, 0.05) is 13.1 Å². The number of anilines is 1. The predicted octanol–water partition coefficient (Wildman–Crippen LogP) is 2.46. The molecule has 1 atom stereocenters. The zero-order valence-corrected chi connectivity index (χ0v) is 12.4. The highest BCUT2D eigenvalue weighted by molar-refractivity contribution is 7.89. The Kier molecular flexibility index (Phi) is 5.31. The number of sulfonamides is 1. The minimum absolute atomic E-state index is 0.0731. The molecular weight excluding hydrogens is 267 g/mol. The number of hydrogen-bond donors (Lipinski definition) is 1. The van der Waals surface area contributed by atoms with Crippen LogP contribution < -0.4 is 5.73 Å². The van der Waals surface area contributed by atoms with Crippen molar-refractivity contribution < 1.29 is 12.8 Å². The lowest BCUT2D eigenvalue weighted by atomic mass is 10.1. The van der Waals surface area contributed by atoms with Gasteiger partial charge in [-0.05, 0) is 24.1 Å². The van der Waals surface area contributed by atoms with Gasteiger partial charge in [-0.25, -0.2) is 12.8 Å². The van der Waals surface area contributed by atoms with Crippen LogP contribution in [0.1, 0.15) is 27.2 Å². The molecule has 0 heterocycles. The Morgan fingerprint density at radius 2 is 2.00 bits per heavy atom. The molecule has 6 heteroatoms. The lowest BCUT2D eigenvalue weighted by Gasteiger charge is -2.24. The molecular formula is C13H21FN2O2S. The van der Waals surface area contributed by atoms with E-state index < -0.39 is 15.8 Å². The minimum atomic E-state index is -3.74. The maximum absolute atomic E-state index is 13.2. The van der Waals surface area contributed by atoms with Crippen molar-refractivity contribution in [3.63, 3.8) is 0 Å². The molecule has 0 bridgehead atoms. The van der Waals surface area contributed by atoms with Crippen LogP contribution >= 0.6 is 0 Å². The number of rotatable bonds is 6. The standard InChI is InChI=1S/C13H21FN2O2S/c1-4-10(3)9-16(5-2)19(17,18)13-8-11(14)6-7-12(13)15/h6-8,10H,4-5,9,15H2,1-3H3. The van der Waals surface area contributed by atoms with Crippen molar-refractivity contribution in [1.82, 2.24) is 4.31 Å². The van der Waals surface area contributed by atoms with Crippen LogP contribution in [-0.2, 0) is 10.0 Å². The third-order valence-electron chi connectivity index (χ3n) is 3.16. The number of nitrogens with two attached hydrogens (primary N) is 1. The topological polar surface area (TPSA) is 63.4 Å². The van der Waals surface area contributed by atoms with Gasteiger partial charge < -0.3 is 5.73 Å². The van der Waals surface area contributed by atoms with Crippen molar-refractivity contribution in [2.45, 2.75) is 32.1 Å². The van der Waals surface area contributed by atoms with Crippen molar-refractivity contribution in [1.29, 1.82) is 0 Å². The van der Waals surface area contributed by atoms with Crippen LogP contribution in [0.4, 0.5) is 10.1 Å². The Morgan fingerprint density at radius 3 is 2.53 bits per heavy atom. The second kappa shape index (κ2) is 6.34. The van der Waals surface area contributed by atoms with Crippen LogP contribution in [0.3, 0.4) is 0 Å². The van der Waals surface area contributed by atoms with E-state index in [1.807, 2.05) is 13.8 Å². The first kappa shape index (κ1) is 15.9. The molecule has 0 amide bonds. The molecule has 0 aliphatic carbocycles. The van der Waals surface area contributed by atoms with Crippen molar-refractivity contribution >= 4 is 15.7 Å². The summed E-state index contributed by atoms with van der Waals surface area (Å²) in [6.45, 7) is 6.48. The summed E-state index contributed by atoms with van der Waals surface area (Å²) in [5, 5.41) is 0. The van der Waals surface area contributed by atoms with Gasteiger partial charge in [0.2, 0.25) is 10.0 Å². The van der Waals surface area contributed by atoms with Gasteiger partial charge >= 0.3 is 0 Å². The van der Waals surface area contributed by atoms with Crippen molar-refractivity contribution in [3.8, 4) is 0 Å². The highest BCUT2D eigenvalue weighted by Gasteiger charge is 2.26. The van der Waals surface area contributed by atoms with Gasteiger partial charge in [0.15, 0.2) is 0 Å². The molecule has 1 unspecified atom stereocenters. The first-order valence-corrected chi connectivity index (χ1v) is 7.82. The van der Waals surface area contributed by atoms with Crippen molar-refractivity contribution in [2.75, 3.05) is 18.8 Å². The van der Waals surface area contributed by atoms with E-state index in [1.165, 1.54) is 10.4 Å². The van der Waals surface area contributed by atoms with Crippen LogP contribution in [0.15, 0.2) is 23.1 Å². The van der Waals surface area contributed by atoms with E-state index in [0.29, 0.717) is 13.1 Å². The van der Waals surface area contributed by atoms with Crippen LogP contribution in [0.5, 0.6) is 0 Å². The SMILES string of the molecule is CCC(C)CN(CC)S(=O)(=O)c1cc(F)ccc1N. The molecule has 0 saturated carbocycles. The Hall–Kier alpha value is -1.14. The van der Waals surface area contributed by atoms with Crippen molar-refractivity contribution in [3.05, 3.63) is 24.0 Å². The van der Waals surface area contributed by atoms with E-state index in [-0.39, 0.29) is 16.5 Å². The Labute approximate surface area is 114 Å². The molecule has 108 valence electrons. The van der Waals surface area contributed by atoms with Gasteiger partial charge in [-0.2, -0.15) is 4.31 Å². The molecule has 19 heavy (non-hydrogen) atoms. The molecule has 0 radical (unpaired) electrons. The summed E-state index contributed by atoms with van der Waals surface area (Å²) in [6.07, 6.45) is 0.880. The average molecular weight is 288 g/mol. The molecule has 0 aliphatic heterocycles. The van der Waals surface area contributed by atoms with Gasteiger partial charge in [-0.15, -0.1) is 0 Å². The summed E-state index contributed by atoms with van der Waals surface area (Å²) >= 11 is 0. The van der Waals surface area contributed by atoms with Gasteiger partial charge in [0.05, 0.1) is 5.69 Å². The third kappa shape index (κ3) is 3.67. The van der Waals surface area contributed by atoms with Gasteiger partial charge in [0.1, 0.15) is 10.7 Å². The fourth-order valence-corrected chi connectivity index (χ4v) is 3.44. The number of nitrogens with zero attached hydrogens (tertiary/aromatic N) is 1. The van der Waals surface area contributed by atoms with Crippen molar-refractivity contribution in [2.24, 2.45) is 5.92 Å². The molecule has 0 aliphatic rings. The van der Waals surface area contributed by atoms with E-state index in [2.05, 4.69) is 0 Å². The molecule has 4 nitrogen and oxygen atoms in total. The van der Waals surface area contributed by atoms with Crippen LogP contribution in [-0.4, -0.2) is 25.8 Å². The zero-order valence-electron chi connectivity index (χ0n) is 11.6. The number of nitrogen functional groups attached to an aromatic ring is 1. The lowest BCUT2D eigenvalue weighted by molar-refractivity contribution is 0.361. The predicted molar refractivity (Wildman–Crippen MR) is 74.7 cm³/mol. The Balaban J connectivity index is 3.17. The molecule has 0 saturated heterocycles. The minimum Gasteiger partial charge on any atom is -0.398 e. The molecule has 0 fully saturated rings. The molecule has 1 aromatic carbocycles.